The summed E-state index contributed by atoms with van der Waals surface area (Å²) in [5, 5.41) is 9.20. The van der Waals surface area contributed by atoms with Crippen LogP contribution in [-0.4, -0.2) is 48.4 Å². The van der Waals surface area contributed by atoms with Gasteiger partial charge in [-0.2, -0.15) is 5.10 Å². The van der Waals surface area contributed by atoms with Crippen LogP contribution in [0, 0.1) is 5.92 Å². The Bertz CT molecular complexity index is 597. The lowest BCUT2D eigenvalue weighted by Crippen LogP contribution is -2.46. The zero-order valence-corrected chi connectivity index (χ0v) is 14.0. The molecule has 0 radical (unpaired) electrons. The number of methoxy groups -OCH3 is 1. The number of amides is 2. The number of aromatic nitrogens is 2. The lowest BCUT2D eigenvalue weighted by Gasteiger charge is -2.19. The van der Waals surface area contributed by atoms with Crippen LogP contribution in [0.5, 0.6) is 0 Å². The quantitative estimate of drug-likeness (QED) is 0.688. The average molecular weight is 324 g/mol. The van der Waals surface area contributed by atoms with E-state index in [-0.39, 0.29) is 29.6 Å². The molecule has 128 valence electrons. The monoisotopic (exact) mass is 324 g/mol. The summed E-state index contributed by atoms with van der Waals surface area (Å²) in [7, 11) is 3.03. The van der Waals surface area contributed by atoms with Gasteiger partial charge in [-0.05, 0) is 18.4 Å². The van der Waals surface area contributed by atoms with Crippen molar-refractivity contribution in [3.8, 4) is 0 Å². The fourth-order valence-corrected chi connectivity index (χ4v) is 2.02. The Kier molecular flexibility index (Phi) is 7.40. The molecule has 0 aliphatic rings. The smallest absolute Gasteiger partial charge is 0.272 e. The minimum Gasteiger partial charge on any atom is -0.383 e. The van der Waals surface area contributed by atoms with Crippen LogP contribution in [0.2, 0.25) is 0 Å². The third-order valence-electron chi connectivity index (χ3n) is 3.18. The molecule has 0 saturated heterocycles. The zero-order valence-electron chi connectivity index (χ0n) is 14.0. The first-order valence-corrected chi connectivity index (χ1v) is 7.48. The summed E-state index contributed by atoms with van der Waals surface area (Å²) in [4.78, 5) is 35.8. The fourth-order valence-electron chi connectivity index (χ4n) is 2.02. The predicted octanol–water partition coefficient (Wildman–Crippen LogP) is -0.220. The van der Waals surface area contributed by atoms with Crippen molar-refractivity contribution in [3.05, 3.63) is 28.2 Å². The summed E-state index contributed by atoms with van der Waals surface area (Å²) in [6.07, 6.45) is 0.509. The van der Waals surface area contributed by atoms with Gasteiger partial charge < -0.3 is 15.4 Å². The summed E-state index contributed by atoms with van der Waals surface area (Å²) in [6.45, 7) is 4.49. The number of nitrogens with zero attached hydrogens (tertiary/aromatic N) is 2. The lowest BCUT2D eigenvalue weighted by molar-refractivity contribution is -0.122. The molecule has 1 aromatic heterocycles. The molecular formula is C15H24N4O4. The van der Waals surface area contributed by atoms with Crippen molar-refractivity contribution in [1.29, 1.82) is 0 Å². The van der Waals surface area contributed by atoms with Crippen molar-refractivity contribution in [2.24, 2.45) is 5.92 Å². The van der Waals surface area contributed by atoms with Gasteiger partial charge in [0.1, 0.15) is 11.7 Å². The van der Waals surface area contributed by atoms with Crippen LogP contribution in [-0.2, 0) is 16.1 Å². The van der Waals surface area contributed by atoms with Crippen LogP contribution < -0.4 is 16.2 Å². The van der Waals surface area contributed by atoms with Crippen LogP contribution in [0.15, 0.2) is 16.9 Å². The molecule has 2 N–H and O–H groups in total. The second-order valence-electron chi connectivity index (χ2n) is 5.54. The van der Waals surface area contributed by atoms with Gasteiger partial charge in [0, 0.05) is 20.2 Å². The molecule has 1 heterocycles. The maximum absolute atomic E-state index is 12.3. The topological polar surface area (TPSA) is 102 Å². The van der Waals surface area contributed by atoms with E-state index < -0.39 is 11.9 Å². The summed E-state index contributed by atoms with van der Waals surface area (Å²) < 4.78 is 6.06. The third-order valence-corrected chi connectivity index (χ3v) is 3.18. The number of hydrogen-bond acceptors (Lipinski definition) is 5. The van der Waals surface area contributed by atoms with Crippen molar-refractivity contribution in [2.75, 3.05) is 20.8 Å². The van der Waals surface area contributed by atoms with Gasteiger partial charge in [-0.1, -0.05) is 13.8 Å². The summed E-state index contributed by atoms with van der Waals surface area (Å²) in [6, 6.07) is 1.97. The minimum absolute atomic E-state index is 0.0818. The first-order valence-electron chi connectivity index (χ1n) is 7.48. The molecule has 2 amide bonds. The van der Waals surface area contributed by atoms with E-state index in [4.69, 9.17) is 4.74 Å². The Morgan fingerprint density at radius 1 is 1.35 bits per heavy atom. The molecule has 8 heteroatoms. The molecule has 0 aromatic carbocycles. The molecule has 0 aliphatic heterocycles. The maximum atomic E-state index is 12.3. The number of nitrogens with one attached hydrogen (secondary N) is 2. The zero-order chi connectivity index (χ0) is 17.4. The van der Waals surface area contributed by atoms with Gasteiger partial charge in [-0.15, -0.1) is 0 Å². The van der Waals surface area contributed by atoms with E-state index in [9.17, 15) is 14.4 Å². The molecular weight excluding hydrogens is 300 g/mol. The van der Waals surface area contributed by atoms with E-state index in [1.807, 2.05) is 13.8 Å². The normalized spacial score (nSPS) is 12.0. The summed E-state index contributed by atoms with van der Waals surface area (Å²) in [5.74, 6) is -0.522. The third kappa shape index (κ3) is 5.82. The Balaban J connectivity index is 2.90. The molecule has 0 aliphatic carbocycles. The van der Waals surface area contributed by atoms with E-state index in [0.717, 1.165) is 4.68 Å². The molecule has 0 spiro atoms. The van der Waals surface area contributed by atoms with Gasteiger partial charge in [-0.25, -0.2) is 4.68 Å². The highest BCUT2D eigenvalue weighted by Crippen LogP contribution is 2.06. The van der Waals surface area contributed by atoms with Crippen LogP contribution in [0.25, 0.3) is 0 Å². The van der Waals surface area contributed by atoms with Gasteiger partial charge in [0.25, 0.3) is 11.5 Å². The van der Waals surface area contributed by atoms with Gasteiger partial charge in [0.15, 0.2) is 0 Å². The van der Waals surface area contributed by atoms with Gasteiger partial charge in [0.05, 0.1) is 13.2 Å². The average Bonchev–Trinajstić information content (AvgIpc) is 2.52. The van der Waals surface area contributed by atoms with E-state index in [1.165, 1.54) is 26.3 Å². The second kappa shape index (κ2) is 9.04. The fraction of sp³-hybridized carbons (Fsp3) is 0.600. The molecule has 0 bridgehead atoms. The first-order chi connectivity index (χ1) is 10.9. The van der Waals surface area contributed by atoms with Crippen molar-refractivity contribution < 1.29 is 14.3 Å². The molecule has 8 nitrogen and oxygen atoms in total. The highest BCUT2D eigenvalue weighted by molar-refractivity contribution is 5.95. The molecule has 1 aromatic rings. The van der Waals surface area contributed by atoms with Crippen LogP contribution >= 0.6 is 0 Å². The molecule has 0 fully saturated rings. The number of likely N-dealkylation sites (N-methyl/N-ethyl adjacent to an activating group) is 1. The number of rotatable bonds is 8. The van der Waals surface area contributed by atoms with Gasteiger partial charge in [0.2, 0.25) is 5.91 Å². The molecule has 23 heavy (non-hydrogen) atoms. The van der Waals surface area contributed by atoms with E-state index in [1.54, 1.807) is 0 Å². The Morgan fingerprint density at radius 3 is 2.61 bits per heavy atom. The number of hydrogen-bond donors (Lipinski definition) is 2. The van der Waals surface area contributed by atoms with Gasteiger partial charge >= 0.3 is 0 Å². The number of carbonyl (C=O) groups excluding carboxylic acids is 2. The molecule has 1 atom stereocenters. The molecule has 0 saturated carbocycles. The number of carbonyl (C=O) groups is 2. The van der Waals surface area contributed by atoms with Crippen LogP contribution in [0.1, 0.15) is 30.8 Å². The van der Waals surface area contributed by atoms with Crippen molar-refractivity contribution in [2.45, 2.75) is 32.9 Å². The van der Waals surface area contributed by atoms with Crippen LogP contribution in [0.4, 0.5) is 0 Å². The highest BCUT2D eigenvalue weighted by Gasteiger charge is 2.22. The summed E-state index contributed by atoms with van der Waals surface area (Å²) in [5.41, 5.74) is -0.234. The second-order valence-corrected chi connectivity index (χ2v) is 5.54. The molecule has 1 unspecified atom stereocenters. The SMILES string of the molecule is CNC(=O)C(CC(C)C)NC(=O)c1ccc(=O)n(CCOC)n1. The Morgan fingerprint density at radius 2 is 2.04 bits per heavy atom. The largest absolute Gasteiger partial charge is 0.383 e. The van der Waals surface area contributed by atoms with Crippen molar-refractivity contribution in [3.63, 3.8) is 0 Å². The first kappa shape index (κ1) is 18.8. The minimum atomic E-state index is -0.645. The van der Waals surface area contributed by atoms with Crippen LogP contribution in [0.3, 0.4) is 0 Å². The Hall–Kier alpha value is -2.22. The maximum Gasteiger partial charge on any atom is 0.272 e. The predicted molar refractivity (Wildman–Crippen MR) is 85.1 cm³/mol. The molecule has 1 rings (SSSR count). The van der Waals surface area contributed by atoms with E-state index in [2.05, 4.69) is 15.7 Å². The number of ether oxygens (including phenoxy) is 1. The Labute approximate surface area is 135 Å². The van der Waals surface area contributed by atoms with E-state index >= 15 is 0 Å². The summed E-state index contributed by atoms with van der Waals surface area (Å²) >= 11 is 0. The standard InChI is InChI=1S/C15H24N4O4/c1-10(2)9-12(14(21)16-3)17-15(22)11-5-6-13(20)19(18-11)7-8-23-4/h5-6,10,12H,7-9H2,1-4H3,(H,16,21)(H,17,22). The highest BCUT2D eigenvalue weighted by atomic mass is 16.5. The van der Waals surface area contributed by atoms with E-state index in [0.29, 0.717) is 13.0 Å². The van der Waals surface area contributed by atoms with Crippen molar-refractivity contribution in [1.82, 2.24) is 20.4 Å². The lowest BCUT2D eigenvalue weighted by atomic mass is 10.0. The van der Waals surface area contributed by atoms with Crippen molar-refractivity contribution >= 4 is 11.8 Å². The van der Waals surface area contributed by atoms with Gasteiger partial charge in [-0.3, -0.25) is 14.4 Å².